The third-order valence-corrected chi connectivity index (χ3v) is 3.56. The molecule has 0 saturated carbocycles. The van der Waals surface area contributed by atoms with Crippen molar-refractivity contribution in [2.24, 2.45) is 5.92 Å². The van der Waals surface area contributed by atoms with Gasteiger partial charge in [-0.25, -0.2) is 9.59 Å². The average Bonchev–Trinajstić information content (AvgIpc) is 2.54. The molecule has 2 N–H and O–H groups in total. The number of anilines is 1. The van der Waals surface area contributed by atoms with Crippen molar-refractivity contribution in [1.82, 2.24) is 5.32 Å². The summed E-state index contributed by atoms with van der Waals surface area (Å²) in [5.41, 5.74) is 0.802. The van der Waals surface area contributed by atoms with E-state index in [9.17, 15) is 9.59 Å². The zero-order valence-corrected chi connectivity index (χ0v) is 12.8. The number of amides is 2. The molecule has 2 rings (SSSR count). The summed E-state index contributed by atoms with van der Waals surface area (Å²) >= 11 is 0. The Morgan fingerprint density at radius 1 is 1.27 bits per heavy atom. The molecule has 0 spiro atoms. The molecular formula is C16H22N2O4. The topological polar surface area (TPSA) is 76.7 Å². The van der Waals surface area contributed by atoms with Gasteiger partial charge in [0.25, 0.3) is 0 Å². The second kappa shape index (κ2) is 8.38. The molecule has 120 valence electrons. The number of nitrogens with one attached hydrogen (secondary N) is 2. The van der Waals surface area contributed by atoms with Crippen LogP contribution in [0.3, 0.4) is 0 Å². The summed E-state index contributed by atoms with van der Waals surface area (Å²) in [6.07, 6.45) is 1.92. The van der Waals surface area contributed by atoms with Gasteiger partial charge in [0.15, 0.2) is 0 Å². The zero-order valence-electron chi connectivity index (χ0n) is 12.8. The highest BCUT2D eigenvalue weighted by Gasteiger charge is 2.16. The molecule has 1 saturated heterocycles. The number of esters is 1. The molecule has 2 amide bonds. The molecule has 6 heteroatoms. The number of urea groups is 1. The van der Waals surface area contributed by atoms with Gasteiger partial charge in [-0.15, -0.1) is 0 Å². The maximum Gasteiger partial charge on any atom is 0.340 e. The molecule has 0 bridgehead atoms. The highest BCUT2D eigenvalue weighted by atomic mass is 16.5. The zero-order chi connectivity index (χ0) is 15.8. The molecule has 1 aromatic rings. The summed E-state index contributed by atoms with van der Waals surface area (Å²) in [5.74, 6) is 0.00243. The Morgan fingerprint density at radius 2 is 2.00 bits per heavy atom. The van der Waals surface area contributed by atoms with Crippen molar-refractivity contribution in [3.63, 3.8) is 0 Å². The Morgan fingerprint density at radius 3 is 2.73 bits per heavy atom. The highest BCUT2D eigenvalue weighted by Crippen LogP contribution is 2.17. The van der Waals surface area contributed by atoms with E-state index in [0.717, 1.165) is 26.1 Å². The van der Waals surface area contributed by atoms with Gasteiger partial charge in [0, 0.05) is 19.8 Å². The molecule has 0 radical (unpaired) electrons. The van der Waals surface area contributed by atoms with Gasteiger partial charge >= 0.3 is 12.0 Å². The van der Waals surface area contributed by atoms with Gasteiger partial charge in [-0.3, -0.25) is 0 Å². The van der Waals surface area contributed by atoms with Crippen molar-refractivity contribution in [2.75, 3.05) is 31.7 Å². The molecule has 6 nitrogen and oxygen atoms in total. The molecule has 0 unspecified atom stereocenters. The molecule has 1 aromatic carbocycles. The van der Waals surface area contributed by atoms with E-state index in [0.29, 0.717) is 30.3 Å². The monoisotopic (exact) mass is 306 g/mol. The molecule has 1 fully saturated rings. The van der Waals surface area contributed by atoms with Crippen molar-refractivity contribution in [1.29, 1.82) is 0 Å². The molecule has 1 heterocycles. The van der Waals surface area contributed by atoms with Crippen LogP contribution in [0.25, 0.3) is 0 Å². The van der Waals surface area contributed by atoms with Gasteiger partial charge in [-0.2, -0.15) is 0 Å². The van der Waals surface area contributed by atoms with Gasteiger partial charge < -0.3 is 20.1 Å². The molecule has 1 aliphatic rings. The minimum atomic E-state index is -0.442. The number of rotatable bonds is 5. The first-order valence-corrected chi connectivity index (χ1v) is 7.59. The van der Waals surface area contributed by atoms with E-state index in [-0.39, 0.29) is 6.03 Å². The van der Waals surface area contributed by atoms with Crippen molar-refractivity contribution in [2.45, 2.75) is 19.8 Å². The summed E-state index contributed by atoms with van der Waals surface area (Å²) in [5, 5.41) is 5.55. The minimum Gasteiger partial charge on any atom is -0.462 e. The van der Waals surface area contributed by atoms with Gasteiger partial charge in [0.05, 0.1) is 17.9 Å². The largest absolute Gasteiger partial charge is 0.462 e. The lowest BCUT2D eigenvalue weighted by Gasteiger charge is -2.22. The van der Waals surface area contributed by atoms with Crippen LogP contribution in [0.15, 0.2) is 24.3 Å². The standard InChI is InChI=1S/C16H22N2O4/c1-2-22-15(19)13-5-3-4-6-14(13)18-16(20)17-11-12-7-9-21-10-8-12/h3-6,12H,2,7-11H2,1H3,(H2,17,18,20). The van der Waals surface area contributed by atoms with Crippen LogP contribution in [0.5, 0.6) is 0 Å². The van der Waals surface area contributed by atoms with Crippen LogP contribution in [0.2, 0.25) is 0 Å². The van der Waals surface area contributed by atoms with Crippen molar-refractivity contribution in [3.8, 4) is 0 Å². The summed E-state index contributed by atoms with van der Waals surface area (Å²) in [4.78, 5) is 23.8. The smallest absolute Gasteiger partial charge is 0.340 e. The average molecular weight is 306 g/mol. The molecular weight excluding hydrogens is 284 g/mol. The fraction of sp³-hybridized carbons (Fsp3) is 0.500. The van der Waals surface area contributed by atoms with E-state index in [1.165, 1.54) is 0 Å². The van der Waals surface area contributed by atoms with Gasteiger partial charge in [-0.05, 0) is 37.8 Å². The van der Waals surface area contributed by atoms with Crippen molar-refractivity contribution in [3.05, 3.63) is 29.8 Å². The summed E-state index contributed by atoms with van der Waals surface area (Å²) < 4.78 is 10.3. The number of benzene rings is 1. The SMILES string of the molecule is CCOC(=O)c1ccccc1NC(=O)NCC1CCOCC1. The maximum atomic E-state index is 12.0. The fourth-order valence-corrected chi connectivity index (χ4v) is 2.33. The summed E-state index contributed by atoms with van der Waals surface area (Å²) in [7, 11) is 0. The van der Waals surface area contributed by atoms with E-state index in [1.54, 1.807) is 31.2 Å². The molecule has 1 aliphatic heterocycles. The van der Waals surface area contributed by atoms with E-state index < -0.39 is 5.97 Å². The van der Waals surface area contributed by atoms with Crippen LogP contribution < -0.4 is 10.6 Å². The molecule has 0 aliphatic carbocycles. The number of hydrogen-bond donors (Lipinski definition) is 2. The van der Waals surface area contributed by atoms with Gasteiger partial charge in [0.1, 0.15) is 0 Å². The third kappa shape index (κ3) is 4.73. The van der Waals surface area contributed by atoms with E-state index in [2.05, 4.69) is 10.6 Å². The van der Waals surface area contributed by atoms with Crippen LogP contribution in [-0.4, -0.2) is 38.4 Å². The van der Waals surface area contributed by atoms with Crippen LogP contribution in [-0.2, 0) is 9.47 Å². The normalized spacial score (nSPS) is 15.1. The fourth-order valence-electron chi connectivity index (χ4n) is 2.33. The summed E-state index contributed by atoms with van der Waals surface area (Å²) in [6, 6.07) is 6.49. The lowest BCUT2D eigenvalue weighted by Crippen LogP contribution is -2.35. The first-order chi connectivity index (χ1) is 10.7. The molecule has 22 heavy (non-hydrogen) atoms. The molecule has 0 atom stereocenters. The predicted molar refractivity (Wildman–Crippen MR) is 83.0 cm³/mol. The first kappa shape index (κ1) is 16.3. The Hall–Kier alpha value is -2.08. The van der Waals surface area contributed by atoms with Crippen LogP contribution in [0.1, 0.15) is 30.1 Å². The number of hydrogen-bond acceptors (Lipinski definition) is 4. The predicted octanol–water partition coefficient (Wildman–Crippen LogP) is 2.41. The van der Waals surface area contributed by atoms with E-state index in [1.807, 2.05) is 0 Å². The Balaban J connectivity index is 1.89. The van der Waals surface area contributed by atoms with E-state index >= 15 is 0 Å². The second-order valence-electron chi connectivity index (χ2n) is 5.16. The van der Waals surface area contributed by atoms with Crippen LogP contribution >= 0.6 is 0 Å². The number of carbonyl (C=O) groups excluding carboxylic acids is 2. The van der Waals surface area contributed by atoms with Crippen LogP contribution in [0.4, 0.5) is 10.5 Å². The third-order valence-electron chi connectivity index (χ3n) is 3.56. The Bertz CT molecular complexity index is 513. The van der Waals surface area contributed by atoms with Crippen molar-refractivity contribution >= 4 is 17.7 Å². The lowest BCUT2D eigenvalue weighted by atomic mass is 10.0. The Labute approximate surface area is 130 Å². The van der Waals surface area contributed by atoms with Gasteiger partial charge in [-0.1, -0.05) is 12.1 Å². The lowest BCUT2D eigenvalue weighted by molar-refractivity contribution is 0.0527. The molecule has 0 aromatic heterocycles. The van der Waals surface area contributed by atoms with Crippen molar-refractivity contribution < 1.29 is 19.1 Å². The highest BCUT2D eigenvalue weighted by molar-refractivity contribution is 6.00. The van der Waals surface area contributed by atoms with Gasteiger partial charge in [0.2, 0.25) is 0 Å². The number of carbonyl (C=O) groups is 2. The van der Waals surface area contributed by atoms with E-state index in [4.69, 9.17) is 9.47 Å². The number of para-hydroxylation sites is 1. The second-order valence-corrected chi connectivity index (χ2v) is 5.16. The number of ether oxygens (including phenoxy) is 2. The minimum absolute atomic E-state index is 0.295. The maximum absolute atomic E-state index is 12.0. The first-order valence-electron chi connectivity index (χ1n) is 7.59. The summed E-state index contributed by atoms with van der Waals surface area (Å²) in [6.45, 7) is 4.15. The quantitative estimate of drug-likeness (QED) is 0.819. The van der Waals surface area contributed by atoms with Crippen LogP contribution in [0, 0.1) is 5.92 Å². The Kier molecular flexibility index (Phi) is 6.21.